The number of nitrogens with one attached hydrogen (secondary N) is 1. The molecule has 0 aliphatic rings. The van der Waals surface area contributed by atoms with Gasteiger partial charge in [0.1, 0.15) is 6.33 Å². The van der Waals surface area contributed by atoms with Crippen LogP contribution < -0.4 is 10.9 Å². The van der Waals surface area contributed by atoms with Crippen LogP contribution in [0.15, 0.2) is 65.8 Å². The number of nitrogens with zero attached hydrogens (tertiary/aromatic N) is 5. The average Bonchev–Trinajstić information content (AvgIpc) is 3.29. The number of methoxy groups -OCH3 is 1. The van der Waals surface area contributed by atoms with Gasteiger partial charge in [0.05, 0.1) is 17.9 Å². The first-order valence-corrected chi connectivity index (χ1v) is 8.93. The molecule has 2 aromatic heterocycles. The van der Waals surface area contributed by atoms with Gasteiger partial charge in [-0.25, -0.2) is 4.68 Å². The number of pyridine rings is 1. The minimum atomic E-state index is -0.303. The third kappa shape index (κ3) is 3.76. The van der Waals surface area contributed by atoms with E-state index >= 15 is 0 Å². The van der Waals surface area contributed by atoms with E-state index in [9.17, 15) is 9.59 Å². The van der Waals surface area contributed by atoms with E-state index in [0.717, 1.165) is 5.69 Å². The molecule has 2 aromatic carbocycles. The number of carbonyl (C=O) groups excluding carboxylic acids is 1. The van der Waals surface area contributed by atoms with E-state index in [-0.39, 0.29) is 11.5 Å². The van der Waals surface area contributed by atoms with Crippen molar-refractivity contribution in [2.24, 2.45) is 0 Å². The number of hydrogen-bond donors (Lipinski definition) is 1. The molecule has 0 unspecified atom stereocenters. The standard InChI is InChI=1S/C20H18N6O3/c1-29-11-10-25-12-18(16-4-2-3-5-17(16)20(25)28)19(27)22-14-6-8-15(9-7-14)26-13-21-23-24-26/h2-9,12-13H,10-11H2,1H3,(H,22,27). The molecule has 0 radical (unpaired) electrons. The zero-order valence-corrected chi connectivity index (χ0v) is 15.6. The molecule has 0 saturated heterocycles. The lowest BCUT2D eigenvalue weighted by Gasteiger charge is -2.12. The molecule has 0 saturated carbocycles. The van der Waals surface area contributed by atoms with Gasteiger partial charge < -0.3 is 14.6 Å². The van der Waals surface area contributed by atoms with Gasteiger partial charge in [0.25, 0.3) is 11.5 Å². The van der Waals surface area contributed by atoms with Gasteiger partial charge in [0.15, 0.2) is 0 Å². The fraction of sp³-hybridized carbons (Fsp3) is 0.150. The SMILES string of the molecule is COCCn1cc(C(=O)Nc2ccc(-n3cnnn3)cc2)c2ccccc2c1=O. The third-order valence-corrected chi connectivity index (χ3v) is 4.51. The molecule has 0 bridgehead atoms. The molecule has 1 amide bonds. The van der Waals surface area contributed by atoms with Crippen molar-refractivity contribution in [3.8, 4) is 5.69 Å². The van der Waals surface area contributed by atoms with E-state index in [1.54, 1.807) is 61.8 Å². The number of amides is 1. The van der Waals surface area contributed by atoms with Gasteiger partial charge in [-0.15, -0.1) is 5.10 Å². The predicted octanol–water partition coefficient (Wildman–Crippen LogP) is 1.88. The molecular formula is C20H18N6O3. The highest BCUT2D eigenvalue weighted by Crippen LogP contribution is 2.18. The van der Waals surface area contributed by atoms with Crippen LogP contribution in [0.25, 0.3) is 16.5 Å². The van der Waals surface area contributed by atoms with Crippen LogP contribution in [0, 0.1) is 0 Å². The lowest BCUT2D eigenvalue weighted by molar-refractivity contribution is 0.102. The average molecular weight is 390 g/mol. The second-order valence-corrected chi connectivity index (χ2v) is 6.34. The van der Waals surface area contributed by atoms with Gasteiger partial charge in [-0.05, 0) is 40.8 Å². The Balaban J connectivity index is 1.66. The molecular weight excluding hydrogens is 372 g/mol. The Morgan fingerprint density at radius 1 is 1.10 bits per heavy atom. The van der Waals surface area contributed by atoms with Gasteiger partial charge in [0, 0.05) is 36.3 Å². The highest BCUT2D eigenvalue weighted by Gasteiger charge is 2.15. The molecule has 0 aliphatic carbocycles. The van der Waals surface area contributed by atoms with Gasteiger partial charge >= 0.3 is 0 Å². The first-order valence-electron chi connectivity index (χ1n) is 8.93. The molecule has 0 aliphatic heterocycles. The summed E-state index contributed by atoms with van der Waals surface area (Å²) < 4.78 is 8.09. The maximum absolute atomic E-state index is 13.0. The molecule has 4 rings (SSSR count). The minimum absolute atomic E-state index is 0.153. The van der Waals surface area contributed by atoms with Crippen molar-refractivity contribution in [2.45, 2.75) is 6.54 Å². The molecule has 9 heteroatoms. The van der Waals surface area contributed by atoms with E-state index in [1.165, 1.54) is 15.6 Å². The van der Waals surface area contributed by atoms with Crippen molar-refractivity contribution in [1.82, 2.24) is 24.8 Å². The number of benzene rings is 2. The molecule has 9 nitrogen and oxygen atoms in total. The van der Waals surface area contributed by atoms with Crippen molar-refractivity contribution in [3.05, 3.63) is 77.0 Å². The Bertz CT molecular complexity index is 1200. The summed E-state index contributed by atoms with van der Waals surface area (Å²) in [5, 5.41) is 15.0. The maximum Gasteiger partial charge on any atom is 0.258 e. The second kappa shape index (κ2) is 8.03. The van der Waals surface area contributed by atoms with Crippen LogP contribution in [0.2, 0.25) is 0 Å². The molecule has 0 fully saturated rings. The smallest absolute Gasteiger partial charge is 0.258 e. The Morgan fingerprint density at radius 3 is 2.55 bits per heavy atom. The van der Waals surface area contributed by atoms with Crippen LogP contribution in [-0.4, -0.2) is 44.4 Å². The van der Waals surface area contributed by atoms with Gasteiger partial charge in [-0.3, -0.25) is 9.59 Å². The summed E-state index contributed by atoms with van der Waals surface area (Å²) in [5.41, 5.74) is 1.65. The first-order chi connectivity index (χ1) is 14.2. The number of ether oxygens (including phenoxy) is 1. The Hall–Kier alpha value is -3.85. The second-order valence-electron chi connectivity index (χ2n) is 6.34. The first kappa shape index (κ1) is 18.5. The molecule has 2 heterocycles. The van der Waals surface area contributed by atoms with Crippen LogP contribution in [0.4, 0.5) is 5.69 Å². The predicted molar refractivity (Wildman–Crippen MR) is 107 cm³/mol. The van der Waals surface area contributed by atoms with Crippen LogP contribution in [0.1, 0.15) is 10.4 Å². The quantitative estimate of drug-likeness (QED) is 0.539. The monoisotopic (exact) mass is 390 g/mol. The van der Waals surface area contributed by atoms with Crippen molar-refractivity contribution < 1.29 is 9.53 Å². The third-order valence-electron chi connectivity index (χ3n) is 4.51. The number of tetrazole rings is 1. The number of anilines is 1. The zero-order chi connectivity index (χ0) is 20.2. The van der Waals surface area contributed by atoms with Crippen LogP contribution in [0.3, 0.4) is 0 Å². The van der Waals surface area contributed by atoms with E-state index in [2.05, 4.69) is 20.8 Å². The minimum Gasteiger partial charge on any atom is -0.383 e. The Kier molecular flexibility index (Phi) is 5.12. The van der Waals surface area contributed by atoms with Crippen LogP contribution >= 0.6 is 0 Å². The summed E-state index contributed by atoms with van der Waals surface area (Å²) in [5.74, 6) is -0.303. The number of aromatic nitrogens is 5. The largest absolute Gasteiger partial charge is 0.383 e. The van der Waals surface area contributed by atoms with Crippen molar-refractivity contribution in [1.29, 1.82) is 0 Å². The summed E-state index contributed by atoms with van der Waals surface area (Å²) in [6.07, 6.45) is 3.07. The van der Waals surface area contributed by atoms with Crippen molar-refractivity contribution in [2.75, 3.05) is 19.0 Å². The summed E-state index contributed by atoms with van der Waals surface area (Å²) in [4.78, 5) is 25.7. The normalized spacial score (nSPS) is 10.9. The number of carbonyl (C=O) groups is 1. The maximum atomic E-state index is 13.0. The molecule has 1 N–H and O–H groups in total. The lowest BCUT2D eigenvalue weighted by atomic mass is 10.1. The molecule has 4 aromatic rings. The van der Waals surface area contributed by atoms with Gasteiger partial charge in [-0.2, -0.15) is 0 Å². The fourth-order valence-corrected chi connectivity index (χ4v) is 3.06. The van der Waals surface area contributed by atoms with E-state index < -0.39 is 0 Å². The van der Waals surface area contributed by atoms with Crippen LogP contribution in [0.5, 0.6) is 0 Å². The number of hydrogen-bond acceptors (Lipinski definition) is 6. The highest BCUT2D eigenvalue weighted by molar-refractivity contribution is 6.12. The molecule has 0 atom stereocenters. The zero-order valence-electron chi connectivity index (χ0n) is 15.6. The molecule has 29 heavy (non-hydrogen) atoms. The van der Waals surface area contributed by atoms with Gasteiger partial charge in [0.2, 0.25) is 0 Å². The topological polar surface area (TPSA) is 104 Å². The summed E-state index contributed by atoms with van der Waals surface area (Å²) >= 11 is 0. The van der Waals surface area contributed by atoms with Crippen LogP contribution in [-0.2, 0) is 11.3 Å². The lowest BCUT2D eigenvalue weighted by Crippen LogP contribution is -2.25. The highest BCUT2D eigenvalue weighted by atomic mass is 16.5. The van der Waals surface area contributed by atoms with E-state index in [4.69, 9.17) is 4.74 Å². The Labute approximate surface area is 165 Å². The molecule has 146 valence electrons. The summed E-state index contributed by atoms with van der Waals surface area (Å²) in [6.45, 7) is 0.735. The molecule has 0 spiro atoms. The summed E-state index contributed by atoms with van der Waals surface area (Å²) in [6, 6.07) is 14.2. The number of rotatable bonds is 6. The Morgan fingerprint density at radius 2 is 1.86 bits per heavy atom. The van der Waals surface area contributed by atoms with E-state index in [1.807, 2.05) is 0 Å². The van der Waals surface area contributed by atoms with Crippen molar-refractivity contribution >= 4 is 22.4 Å². The fourth-order valence-electron chi connectivity index (χ4n) is 3.06. The summed E-state index contributed by atoms with van der Waals surface area (Å²) in [7, 11) is 1.57. The number of fused-ring (bicyclic) bond motifs is 1. The van der Waals surface area contributed by atoms with Crippen molar-refractivity contribution in [3.63, 3.8) is 0 Å². The van der Waals surface area contributed by atoms with Gasteiger partial charge in [-0.1, -0.05) is 18.2 Å². The van der Waals surface area contributed by atoms with E-state index in [0.29, 0.717) is 35.2 Å².